The Kier molecular flexibility index (Phi) is 7.34. The first kappa shape index (κ1) is 19.0. The molecule has 1 saturated carbocycles. The van der Waals surface area contributed by atoms with Gasteiger partial charge in [0, 0.05) is 12.2 Å². The Morgan fingerprint density at radius 2 is 1.83 bits per heavy atom. The Labute approximate surface area is 149 Å². The van der Waals surface area contributed by atoms with Crippen LogP contribution in [0.1, 0.15) is 44.9 Å². The number of nitrogens with one attached hydrogen (secondary N) is 1. The molecule has 0 radical (unpaired) electrons. The third kappa shape index (κ3) is 5.10. The van der Waals surface area contributed by atoms with Gasteiger partial charge in [0.05, 0.1) is 12.2 Å². The highest BCUT2D eigenvalue weighted by molar-refractivity contribution is 5.94. The van der Waals surface area contributed by atoms with Crippen LogP contribution in [0, 0.1) is 0 Å². The highest BCUT2D eigenvalue weighted by Gasteiger charge is 2.29. The fraction of sp³-hybridized carbons (Fsp3) is 0.611. The molecule has 2 atom stereocenters. The molecular weight excluding hydrogens is 328 g/mol. The molecule has 5 nitrogen and oxygen atoms in total. The number of amides is 1. The van der Waals surface area contributed by atoms with Gasteiger partial charge < -0.3 is 20.5 Å². The maximum Gasteiger partial charge on any atom is 0.253 e. The summed E-state index contributed by atoms with van der Waals surface area (Å²) in [5.74, 6) is 0.775. The quantitative estimate of drug-likeness (QED) is 0.851. The number of anilines is 1. The minimum Gasteiger partial charge on any atom is -0.490 e. The van der Waals surface area contributed by atoms with E-state index in [-0.39, 0.29) is 30.5 Å². The van der Waals surface area contributed by atoms with Crippen LogP contribution in [0.4, 0.5) is 5.69 Å². The maximum absolute atomic E-state index is 12.2. The molecule has 1 aromatic carbocycles. The lowest BCUT2D eigenvalue weighted by molar-refractivity contribution is -0.126. The van der Waals surface area contributed by atoms with Crippen molar-refractivity contribution in [2.75, 3.05) is 11.9 Å². The van der Waals surface area contributed by atoms with Gasteiger partial charge in [-0.1, -0.05) is 6.42 Å². The van der Waals surface area contributed by atoms with Gasteiger partial charge in [0.25, 0.3) is 5.91 Å². The SMILES string of the molecule is Cl.NC[C@H]1CC[C@@H](C(=O)Nc2ccc(OC3CCCCC3)cc2)O1. The third-order valence-corrected chi connectivity index (χ3v) is 4.64. The number of carbonyl (C=O) groups excluding carboxylic acids is 1. The molecule has 1 aliphatic carbocycles. The Morgan fingerprint density at radius 1 is 1.12 bits per heavy atom. The van der Waals surface area contributed by atoms with Crippen molar-refractivity contribution in [1.82, 2.24) is 0 Å². The first-order valence-electron chi connectivity index (χ1n) is 8.67. The molecule has 0 unspecified atom stereocenters. The van der Waals surface area contributed by atoms with E-state index in [0.717, 1.165) is 37.1 Å². The Balaban J connectivity index is 0.00000208. The van der Waals surface area contributed by atoms with Crippen LogP contribution in [0.3, 0.4) is 0 Å². The molecule has 2 fully saturated rings. The van der Waals surface area contributed by atoms with Gasteiger partial charge in [0.2, 0.25) is 0 Å². The van der Waals surface area contributed by atoms with Gasteiger partial charge in [-0.15, -0.1) is 12.4 Å². The fourth-order valence-electron chi connectivity index (χ4n) is 3.29. The predicted molar refractivity (Wildman–Crippen MR) is 96.8 cm³/mol. The number of benzene rings is 1. The van der Waals surface area contributed by atoms with E-state index in [1.165, 1.54) is 19.3 Å². The summed E-state index contributed by atoms with van der Waals surface area (Å²) in [4.78, 5) is 12.2. The van der Waals surface area contributed by atoms with E-state index in [1.54, 1.807) is 0 Å². The zero-order valence-corrected chi connectivity index (χ0v) is 14.7. The molecule has 6 heteroatoms. The summed E-state index contributed by atoms with van der Waals surface area (Å²) in [6, 6.07) is 7.60. The monoisotopic (exact) mass is 354 g/mol. The van der Waals surface area contributed by atoms with Gasteiger partial charge in [-0.05, 0) is 62.8 Å². The number of carbonyl (C=O) groups is 1. The van der Waals surface area contributed by atoms with Crippen molar-refractivity contribution in [2.24, 2.45) is 5.73 Å². The van der Waals surface area contributed by atoms with Gasteiger partial charge in [0.1, 0.15) is 11.9 Å². The van der Waals surface area contributed by atoms with Crippen molar-refractivity contribution < 1.29 is 14.3 Å². The zero-order valence-electron chi connectivity index (χ0n) is 13.9. The number of ether oxygens (including phenoxy) is 2. The largest absolute Gasteiger partial charge is 0.490 e. The van der Waals surface area contributed by atoms with E-state index >= 15 is 0 Å². The lowest BCUT2D eigenvalue weighted by atomic mass is 9.98. The molecule has 1 aromatic rings. The van der Waals surface area contributed by atoms with Crippen molar-refractivity contribution in [3.63, 3.8) is 0 Å². The van der Waals surface area contributed by atoms with E-state index in [4.69, 9.17) is 15.2 Å². The summed E-state index contributed by atoms with van der Waals surface area (Å²) in [7, 11) is 0. The van der Waals surface area contributed by atoms with Crippen molar-refractivity contribution in [3.8, 4) is 5.75 Å². The van der Waals surface area contributed by atoms with Gasteiger partial charge >= 0.3 is 0 Å². The van der Waals surface area contributed by atoms with E-state index in [1.807, 2.05) is 24.3 Å². The summed E-state index contributed by atoms with van der Waals surface area (Å²) in [6.45, 7) is 0.469. The Bertz CT molecular complexity index is 518. The second-order valence-corrected chi connectivity index (χ2v) is 6.45. The van der Waals surface area contributed by atoms with Crippen LogP contribution in [0.25, 0.3) is 0 Å². The van der Waals surface area contributed by atoms with Gasteiger partial charge in [-0.25, -0.2) is 0 Å². The lowest BCUT2D eigenvalue weighted by Gasteiger charge is -2.23. The molecule has 1 amide bonds. The van der Waals surface area contributed by atoms with Crippen molar-refractivity contribution in [1.29, 1.82) is 0 Å². The van der Waals surface area contributed by atoms with Crippen LogP contribution in [-0.2, 0) is 9.53 Å². The Morgan fingerprint density at radius 3 is 2.46 bits per heavy atom. The number of halogens is 1. The van der Waals surface area contributed by atoms with E-state index in [0.29, 0.717) is 12.6 Å². The number of hydrogen-bond acceptors (Lipinski definition) is 4. The first-order chi connectivity index (χ1) is 11.2. The molecule has 1 aliphatic heterocycles. The summed E-state index contributed by atoms with van der Waals surface area (Å²) >= 11 is 0. The van der Waals surface area contributed by atoms with Gasteiger partial charge in [-0.3, -0.25) is 4.79 Å². The molecule has 0 aromatic heterocycles. The molecule has 134 valence electrons. The summed E-state index contributed by atoms with van der Waals surface area (Å²) in [6.07, 6.45) is 7.65. The van der Waals surface area contributed by atoms with E-state index in [2.05, 4.69) is 5.32 Å². The molecule has 2 aliphatic rings. The predicted octanol–water partition coefficient (Wildman–Crippen LogP) is 3.26. The number of hydrogen-bond donors (Lipinski definition) is 2. The molecule has 3 N–H and O–H groups in total. The Hall–Kier alpha value is -1.30. The van der Waals surface area contributed by atoms with Crippen molar-refractivity contribution >= 4 is 24.0 Å². The average molecular weight is 355 g/mol. The normalized spacial score (nSPS) is 24.2. The molecule has 24 heavy (non-hydrogen) atoms. The van der Waals surface area contributed by atoms with Gasteiger partial charge in [-0.2, -0.15) is 0 Å². The van der Waals surface area contributed by atoms with E-state index in [9.17, 15) is 4.79 Å². The molecule has 1 heterocycles. The van der Waals surface area contributed by atoms with Crippen LogP contribution in [-0.4, -0.2) is 30.8 Å². The van der Waals surface area contributed by atoms with Crippen LogP contribution < -0.4 is 15.8 Å². The summed E-state index contributed by atoms with van der Waals surface area (Å²) in [5, 5.41) is 2.90. The molecule has 1 saturated heterocycles. The summed E-state index contributed by atoms with van der Waals surface area (Å²) < 4.78 is 11.6. The minimum atomic E-state index is -0.387. The van der Waals surface area contributed by atoms with Crippen LogP contribution in [0.15, 0.2) is 24.3 Å². The molecule has 0 spiro atoms. The van der Waals surface area contributed by atoms with Crippen LogP contribution in [0.5, 0.6) is 5.75 Å². The summed E-state index contributed by atoms with van der Waals surface area (Å²) in [5.41, 5.74) is 6.34. The first-order valence-corrected chi connectivity index (χ1v) is 8.67. The molecule has 0 bridgehead atoms. The fourth-order valence-corrected chi connectivity index (χ4v) is 3.29. The standard InChI is InChI=1S/C18H26N2O3.ClH/c19-12-16-10-11-17(23-16)18(21)20-13-6-8-15(9-7-13)22-14-4-2-1-3-5-14;/h6-9,14,16-17H,1-5,10-12,19H2,(H,20,21);1H/t16-,17+;/m1./s1. The smallest absolute Gasteiger partial charge is 0.253 e. The topological polar surface area (TPSA) is 73.6 Å². The maximum atomic E-state index is 12.2. The number of nitrogens with two attached hydrogens (primary N) is 1. The lowest BCUT2D eigenvalue weighted by Crippen LogP contribution is -2.29. The molecular formula is C18H27ClN2O3. The average Bonchev–Trinajstić information content (AvgIpc) is 3.07. The minimum absolute atomic E-state index is 0. The van der Waals surface area contributed by atoms with Crippen molar-refractivity contribution in [2.45, 2.75) is 63.3 Å². The van der Waals surface area contributed by atoms with Crippen LogP contribution in [0.2, 0.25) is 0 Å². The van der Waals surface area contributed by atoms with Gasteiger partial charge in [0.15, 0.2) is 0 Å². The number of rotatable bonds is 5. The zero-order chi connectivity index (χ0) is 16.1. The third-order valence-electron chi connectivity index (χ3n) is 4.64. The molecule has 3 rings (SSSR count). The van der Waals surface area contributed by atoms with Crippen molar-refractivity contribution in [3.05, 3.63) is 24.3 Å². The highest BCUT2D eigenvalue weighted by atomic mass is 35.5. The van der Waals surface area contributed by atoms with Crippen LogP contribution >= 0.6 is 12.4 Å². The second-order valence-electron chi connectivity index (χ2n) is 6.45. The second kappa shape index (κ2) is 9.25. The highest BCUT2D eigenvalue weighted by Crippen LogP contribution is 2.25. The van der Waals surface area contributed by atoms with E-state index < -0.39 is 0 Å².